The van der Waals surface area contributed by atoms with Crippen molar-refractivity contribution in [2.45, 2.75) is 38.8 Å². The van der Waals surface area contributed by atoms with Crippen LogP contribution in [0.4, 0.5) is 10.1 Å². The molecular formula is C29H30FN5O. The molecule has 7 heteroatoms. The van der Waals surface area contributed by atoms with Crippen LogP contribution in [0, 0.1) is 5.82 Å². The number of fused-ring (bicyclic) bond motifs is 1. The first kappa shape index (κ1) is 23.7. The van der Waals surface area contributed by atoms with E-state index in [4.69, 9.17) is 4.74 Å². The van der Waals surface area contributed by atoms with E-state index in [1.54, 1.807) is 11.8 Å². The van der Waals surface area contributed by atoms with Gasteiger partial charge in [-0.3, -0.25) is 0 Å². The molecule has 1 aliphatic rings. The number of ether oxygens (including phenoxy) is 1. The molecule has 0 saturated carbocycles. The van der Waals surface area contributed by atoms with Crippen molar-refractivity contribution in [1.29, 1.82) is 0 Å². The number of aryl methyl sites for hydroxylation is 1. The summed E-state index contributed by atoms with van der Waals surface area (Å²) in [4.78, 5) is 2.37. The Kier molecular flexibility index (Phi) is 6.55. The first-order valence-electron chi connectivity index (χ1n) is 12.3. The second-order valence-electron chi connectivity index (χ2n) is 9.19. The summed E-state index contributed by atoms with van der Waals surface area (Å²) in [7, 11) is 1.70. The van der Waals surface area contributed by atoms with E-state index in [0.717, 1.165) is 54.3 Å². The van der Waals surface area contributed by atoms with E-state index in [1.807, 2.05) is 30.4 Å². The Morgan fingerprint density at radius 3 is 2.53 bits per heavy atom. The molecule has 3 aromatic carbocycles. The van der Waals surface area contributed by atoms with Crippen molar-refractivity contribution in [3.8, 4) is 5.75 Å². The van der Waals surface area contributed by atoms with Crippen molar-refractivity contribution >= 4 is 17.8 Å². The molecule has 0 aliphatic carbocycles. The van der Waals surface area contributed by atoms with Gasteiger partial charge in [-0.15, -0.1) is 5.10 Å². The van der Waals surface area contributed by atoms with Crippen LogP contribution in [0.3, 0.4) is 0 Å². The van der Waals surface area contributed by atoms with E-state index in [1.165, 1.54) is 23.3 Å². The Balaban J connectivity index is 1.53. The average Bonchev–Trinajstić information content (AvgIpc) is 3.35. The number of rotatable bonds is 7. The highest BCUT2D eigenvalue weighted by molar-refractivity contribution is 5.67. The van der Waals surface area contributed by atoms with Gasteiger partial charge in [-0.1, -0.05) is 43.3 Å². The number of tetrazole rings is 1. The molecule has 1 aliphatic heterocycles. The Morgan fingerprint density at radius 2 is 1.81 bits per heavy atom. The maximum absolute atomic E-state index is 13.7. The molecule has 184 valence electrons. The maximum Gasteiger partial charge on any atom is 0.174 e. The summed E-state index contributed by atoms with van der Waals surface area (Å²) >= 11 is 0. The van der Waals surface area contributed by atoms with Gasteiger partial charge < -0.3 is 9.64 Å². The Labute approximate surface area is 211 Å². The van der Waals surface area contributed by atoms with Crippen LogP contribution in [0.1, 0.15) is 48.3 Å². The third kappa shape index (κ3) is 4.37. The SMILES string of the molecule is CCCn1nnnc1C=Cc1ccc(C2(C)c3ccc(OC)cc3CCN2c2ccc(F)cc2)cc1. The number of benzene rings is 3. The topological polar surface area (TPSA) is 56.1 Å². The number of halogens is 1. The fraction of sp³-hybridized carbons (Fsp3) is 0.276. The number of hydrogen-bond acceptors (Lipinski definition) is 5. The summed E-state index contributed by atoms with van der Waals surface area (Å²) in [6.07, 6.45) is 5.82. The summed E-state index contributed by atoms with van der Waals surface area (Å²) in [5, 5.41) is 11.9. The van der Waals surface area contributed by atoms with Crippen LogP contribution in [-0.4, -0.2) is 33.9 Å². The average molecular weight is 484 g/mol. The predicted molar refractivity (Wildman–Crippen MR) is 140 cm³/mol. The molecular weight excluding hydrogens is 453 g/mol. The third-order valence-electron chi connectivity index (χ3n) is 7.01. The van der Waals surface area contributed by atoms with E-state index in [2.05, 4.69) is 70.7 Å². The molecule has 2 heterocycles. The van der Waals surface area contributed by atoms with Gasteiger partial charge in [-0.25, -0.2) is 9.07 Å². The first-order chi connectivity index (χ1) is 17.5. The minimum Gasteiger partial charge on any atom is -0.497 e. The van der Waals surface area contributed by atoms with Gasteiger partial charge in [0.1, 0.15) is 11.6 Å². The molecule has 0 saturated heterocycles. The molecule has 36 heavy (non-hydrogen) atoms. The normalized spacial score (nSPS) is 17.4. The van der Waals surface area contributed by atoms with E-state index in [-0.39, 0.29) is 5.82 Å². The van der Waals surface area contributed by atoms with Crippen molar-refractivity contribution in [3.63, 3.8) is 0 Å². The minimum absolute atomic E-state index is 0.233. The van der Waals surface area contributed by atoms with Gasteiger partial charge in [0.05, 0.1) is 12.6 Å². The zero-order valence-corrected chi connectivity index (χ0v) is 20.9. The minimum atomic E-state index is -0.439. The predicted octanol–water partition coefficient (Wildman–Crippen LogP) is 5.73. The molecule has 5 rings (SSSR count). The van der Waals surface area contributed by atoms with Gasteiger partial charge in [-0.2, -0.15) is 0 Å². The maximum atomic E-state index is 13.7. The fourth-order valence-electron chi connectivity index (χ4n) is 5.09. The van der Waals surface area contributed by atoms with E-state index < -0.39 is 5.54 Å². The highest BCUT2D eigenvalue weighted by atomic mass is 19.1. The number of anilines is 1. The summed E-state index contributed by atoms with van der Waals surface area (Å²) < 4.78 is 21.0. The van der Waals surface area contributed by atoms with Crippen molar-refractivity contribution in [2.75, 3.05) is 18.6 Å². The van der Waals surface area contributed by atoms with Gasteiger partial charge in [-0.05, 0) is 94.9 Å². The third-order valence-corrected chi connectivity index (χ3v) is 7.01. The summed E-state index contributed by atoms with van der Waals surface area (Å²) in [6, 6.07) is 21.7. The molecule has 0 bridgehead atoms. The summed E-state index contributed by atoms with van der Waals surface area (Å²) in [5.74, 6) is 1.37. The molecule has 0 fully saturated rings. The summed E-state index contributed by atoms with van der Waals surface area (Å²) in [5.41, 5.74) is 5.26. The van der Waals surface area contributed by atoms with Crippen molar-refractivity contribution in [2.24, 2.45) is 0 Å². The van der Waals surface area contributed by atoms with E-state index in [0.29, 0.717) is 0 Å². The van der Waals surface area contributed by atoms with Crippen LogP contribution in [0.2, 0.25) is 0 Å². The lowest BCUT2D eigenvalue weighted by Crippen LogP contribution is -2.49. The van der Waals surface area contributed by atoms with Crippen molar-refractivity contribution in [1.82, 2.24) is 20.2 Å². The van der Waals surface area contributed by atoms with E-state index in [9.17, 15) is 4.39 Å². The Morgan fingerprint density at radius 1 is 1.03 bits per heavy atom. The molecule has 0 N–H and O–H groups in total. The standard InChI is InChI=1S/C29H30FN5O/c1-4-18-35-28(31-32-33-35)16-7-21-5-8-23(9-6-21)29(2)27-15-14-26(36-3)20-22(27)17-19-34(29)25-12-10-24(30)11-13-25/h5-16,20H,4,17-19H2,1-3H3. The number of nitrogens with zero attached hydrogens (tertiary/aromatic N) is 5. The molecule has 1 atom stereocenters. The zero-order chi connectivity index (χ0) is 25.1. The van der Waals surface area contributed by atoms with Crippen LogP contribution in [-0.2, 0) is 18.5 Å². The van der Waals surface area contributed by atoms with Gasteiger partial charge in [0.2, 0.25) is 0 Å². The highest BCUT2D eigenvalue weighted by Crippen LogP contribution is 2.44. The van der Waals surface area contributed by atoms with Crippen molar-refractivity contribution in [3.05, 3.63) is 101 Å². The monoisotopic (exact) mass is 483 g/mol. The molecule has 6 nitrogen and oxygen atoms in total. The molecule has 0 radical (unpaired) electrons. The van der Waals surface area contributed by atoms with Gasteiger partial charge >= 0.3 is 0 Å². The lowest BCUT2D eigenvalue weighted by atomic mass is 9.76. The van der Waals surface area contributed by atoms with Crippen LogP contribution in [0.25, 0.3) is 12.2 Å². The molecule has 4 aromatic rings. The number of aromatic nitrogens is 4. The number of methoxy groups -OCH3 is 1. The van der Waals surface area contributed by atoms with Crippen LogP contribution < -0.4 is 9.64 Å². The lowest BCUT2D eigenvalue weighted by Gasteiger charge is -2.48. The highest BCUT2D eigenvalue weighted by Gasteiger charge is 2.40. The van der Waals surface area contributed by atoms with Crippen LogP contribution in [0.5, 0.6) is 5.75 Å². The zero-order valence-electron chi connectivity index (χ0n) is 20.9. The van der Waals surface area contributed by atoms with Crippen LogP contribution >= 0.6 is 0 Å². The fourth-order valence-corrected chi connectivity index (χ4v) is 5.09. The molecule has 1 aromatic heterocycles. The molecule has 0 spiro atoms. The lowest BCUT2D eigenvalue weighted by molar-refractivity contribution is 0.411. The molecule has 1 unspecified atom stereocenters. The van der Waals surface area contributed by atoms with Crippen LogP contribution in [0.15, 0.2) is 66.7 Å². The second-order valence-corrected chi connectivity index (χ2v) is 9.19. The second kappa shape index (κ2) is 9.93. The Bertz CT molecular complexity index is 1360. The first-order valence-corrected chi connectivity index (χ1v) is 12.3. The van der Waals surface area contributed by atoms with Gasteiger partial charge in [0.25, 0.3) is 0 Å². The van der Waals surface area contributed by atoms with Gasteiger partial charge in [0, 0.05) is 18.8 Å². The quantitative estimate of drug-likeness (QED) is 0.336. The van der Waals surface area contributed by atoms with Gasteiger partial charge in [0.15, 0.2) is 5.82 Å². The summed E-state index contributed by atoms with van der Waals surface area (Å²) in [6.45, 7) is 5.94. The van der Waals surface area contributed by atoms with E-state index >= 15 is 0 Å². The number of hydrogen-bond donors (Lipinski definition) is 0. The largest absolute Gasteiger partial charge is 0.497 e. The molecule has 0 amide bonds. The Hall–Kier alpha value is -4.00. The van der Waals surface area contributed by atoms with Crippen molar-refractivity contribution < 1.29 is 9.13 Å². The smallest absolute Gasteiger partial charge is 0.174 e.